The third-order valence-corrected chi connectivity index (χ3v) is 4.30. The first-order valence-electron chi connectivity index (χ1n) is 10.5. The predicted molar refractivity (Wildman–Crippen MR) is 126 cm³/mol. The maximum absolute atomic E-state index is 13.0. The first-order chi connectivity index (χ1) is 15.8. The number of allylic oxidation sites excluding steroid dienone is 1. The number of carbonyl (C=O) groups is 2. The molecular formula is C22H31F2N7O2. The van der Waals surface area contributed by atoms with Crippen LogP contribution in [0.1, 0.15) is 43.6 Å². The van der Waals surface area contributed by atoms with E-state index in [9.17, 15) is 18.4 Å². The van der Waals surface area contributed by atoms with Crippen molar-refractivity contribution in [2.45, 2.75) is 39.5 Å². The molecule has 0 bridgehead atoms. The molecule has 11 heteroatoms. The minimum Gasteiger partial charge on any atom is -0.392 e. The summed E-state index contributed by atoms with van der Waals surface area (Å²) >= 11 is 0. The summed E-state index contributed by atoms with van der Waals surface area (Å²) in [6.07, 6.45) is 2.54. The average molecular weight is 464 g/mol. The lowest BCUT2D eigenvalue weighted by Crippen LogP contribution is -2.42. The van der Waals surface area contributed by atoms with Gasteiger partial charge in [0.1, 0.15) is 11.5 Å². The van der Waals surface area contributed by atoms with Crippen molar-refractivity contribution in [2.24, 2.45) is 4.99 Å². The van der Waals surface area contributed by atoms with Crippen LogP contribution in [0.15, 0.2) is 46.9 Å². The van der Waals surface area contributed by atoms with Gasteiger partial charge >= 0.3 is 0 Å². The Morgan fingerprint density at radius 1 is 1.27 bits per heavy atom. The second kappa shape index (κ2) is 14.4. The Morgan fingerprint density at radius 2 is 2.00 bits per heavy atom. The molecule has 2 amide bonds. The molecule has 0 radical (unpaired) electrons. The van der Waals surface area contributed by atoms with Crippen LogP contribution in [-0.4, -0.2) is 60.8 Å². The van der Waals surface area contributed by atoms with Crippen LogP contribution in [0.4, 0.5) is 14.6 Å². The summed E-state index contributed by atoms with van der Waals surface area (Å²) in [4.78, 5) is 34.1. The molecule has 4 N–H and O–H groups in total. The summed E-state index contributed by atoms with van der Waals surface area (Å²) in [7, 11) is 2.98. The van der Waals surface area contributed by atoms with Crippen molar-refractivity contribution in [1.29, 1.82) is 5.41 Å². The van der Waals surface area contributed by atoms with Gasteiger partial charge in [0.25, 0.3) is 12.3 Å². The number of nitrogens with one attached hydrogen (secondary N) is 4. The third-order valence-electron chi connectivity index (χ3n) is 4.30. The molecule has 33 heavy (non-hydrogen) atoms. The summed E-state index contributed by atoms with van der Waals surface area (Å²) in [6, 6.07) is 4.49. The number of hydrogen-bond acceptors (Lipinski definition) is 7. The van der Waals surface area contributed by atoms with Crippen molar-refractivity contribution in [3.05, 3.63) is 47.6 Å². The SMILES string of the molecule is CCCCN(C(=N)/C(=C\NC)NC(=O)c1cccc(N/C=C(\C=NC)C(F)F)n1)C(=O)CC. The van der Waals surface area contributed by atoms with E-state index < -0.39 is 12.3 Å². The van der Waals surface area contributed by atoms with Crippen LogP contribution in [0.5, 0.6) is 0 Å². The molecule has 1 heterocycles. The van der Waals surface area contributed by atoms with E-state index in [2.05, 4.69) is 25.9 Å². The second-order valence-corrected chi connectivity index (χ2v) is 6.79. The van der Waals surface area contributed by atoms with Crippen LogP contribution in [0, 0.1) is 5.41 Å². The number of anilines is 1. The van der Waals surface area contributed by atoms with Gasteiger partial charge < -0.3 is 16.0 Å². The normalized spacial score (nSPS) is 12.1. The summed E-state index contributed by atoms with van der Waals surface area (Å²) < 4.78 is 25.9. The number of aromatic nitrogens is 1. The van der Waals surface area contributed by atoms with Crippen LogP contribution < -0.4 is 16.0 Å². The summed E-state index contributed by atoms with van der Waals surface area (Å²) in [5, 5.41) is 16.4. The van der Waals surface area contributed by atoms with Gasteiger partial charge in [-0.2, -0.15) is 0 Å². The highest BCUT2D eigenvalue weighted by Crippen LogP contribution is 2.11. The quantitative estimate of drug-likeness (QED) is 0.280. The fraction of sp³-hybridized carbons (Fsp3) is 0.409. The van der Waals surface area contributed by atoms with Gasteiger partial charge in [-0.25, -0.2) is 13.8 Å². The van der Waals surface area contributed by atoms with Gasteiger partial charge in [0.05, 0.1) is 11.3 Å². The Bertz CT molecular complexity index is 914. The number of aliphatic imine (C=N–C) groups is 1. The molecular weight excluding hydrogens is 432 g/mol. The lowest BCUT2D eigenvalue weighted by atomic mass is 10.2. The molecule has 0 aliphatic heterocycles. The molecule has 1 aromatic rings. The van der Waals surface area contributed by atoms with Gasteiger partial charge in [0, 0.05) is 45.7 Å². The van der Waals surface area contributed by atoms with Crippen molar-refractivity contribution >= 4 is 29.7 Å². The van der Waals surface area contributed by atoms with Gasteiger partial charge in [-0.3, -0.25) is 24.9 Å². The molecule has 1 aromatic heterocycles. The third kappa shape index (κ3) is 8.79. The summed E-state index contributed by atoms with van der Waals surface area (Å²) in [6.45, 7) is 4.04. The lowest BCUT2D eigenvalue weighted by molar-refractivity contribution is -0.127. The van der Waals surface area contributed by atoms with Crippen molar-refractivity contribution in [1.82, 2.24) is 20.5 Å². The van der Waals surface area contributed by atoms with Crippen LogP contribution in [-0.2, 0) is 4.79 Å². The highest BCUT2D eigenvalue weighted by atomic mass is 19.3. The fourth-order valence-electron chi connectivity index (χ4n) is 2.61. The fourth-order valence-corrected chi connectivity index (χ4v) is 2.61. The van der Waals surface area contributed by atoms with Crippen LogP contribution >= 0.6 is 0 Å². The number of carbonyl (C=O) groups excluding carboxylic acids is 2. The van der Waals surface area contributed by atoms with Crippen LogP contribution in [0.2, 0.25) is 0 Å². The highest BCUT2D eigenvalue weighted by Gasteiger charge is 2.22. The molecule has 1 rings (SSSR count). The van der Waals surface area contributed by atoms with Crippen LogP contribution in [0.3, 0.4) is 0 Å². The zero-order valence-corrected chi connectivity index (χ0v) is 19.3. The van der Waals surface area contributed by atoms with Gasteiger partial charge in [-0.05, 0) is 18.6 Å². The van der Waals surface area contributed by atoms with Gasteiger partial charge in [0.15, 0.2) is 5.84 Å². The van der Waals surface area contributed by atoms with E-state index in [0.29, 0.717) is 13.0 Å². The largest absolute Gasteiger partial charge is 0.392 e. The Labute approximate surface area is 192 Å². The Hall–Kier alpha value is -3.63. The number of amides is 2. The monoisotopic (exact) mass is 463 g/mol. The van der Waals surface area contributed by atoms with Gasteiger partial charge in [-0.1, -0.05) is 26.3 Å². The molecule has 0 saturated carbocycles. The van der Waals surface area contributed by atoms with Crippen LogP contribution in [0.25, 0.3) is 0 Å². The Kier molecular flexibility index (Phi) is 12.0. The van der Waals surface area contributed by atoms with Crippen molar-refractivity contribution in [2.75, 3.05) is 26.0 Å². The number of alkyl halides is 2. The van der Waals surface area contributed by atoms with E-state index in [-0.39, 0.29) is 40.9 Å². The van der Waals surface area contributed by atoms with Crippen molar-refractivity contribution in [3.8, 4) is 0 Å². The molecule has 9 nitrogen and oxygen atoms in total. The predicted octanol–water partition coefficient (Wildman–Crippen LogP) is 3.15. The molecule has 0 spiro atoms. The molecule has 180 valence electrons. The lowest BCUT2D eigenvalue weighted by Gasteiger charge is -2.24. The van der Waals surface area contributed by atoms with E-state index >= 15 is 0 Å². The average Bonchev–Trinajstić information content (AvgIpc) is 2.81. The minimum atomic E-state index is -2.73. The maximum Gasteiger partial charge on any atom is 0.274 e. The van der Waals surface area contributed by atoms with E-state index in [4.69, 9.17) is 5.41 Å². The number of unbranched alkanes of at least 4 members (excludes halogenated alkanes) is 1. The first-order valence-corrected chi connectivity index (χ1v) is 10.5. The molecule has 0 unspecified atom stereocenters. The van der Waals surface area contributed by atoms with E-state index in [1.807, 2.05) is 6.92 Å². The highest BCUT2D eigenvalue weighted by molar-refractivity contribution is 6.09. The number of nitrogens with zero attached hydrogens (tertiary/aromatic N) is 3. The van der Waals surface area contributed by atoms with Gasteiger partial charge in [-0.15, -0.1) is 0 Å². The maximum atomic E-state index is 13.0. The smallest absolute Gasteiger partial charge is 0.274 e. The topological polar surface area (TPSA) is 123 Å². The number of rotatable bonds is 12. The number of pyridine rings is 1. The van der Waals surface area contributed by atoms with Gasteiger partial charge in [0.2, 0.25) is 5.91 Å². The van der Waals surface area contributed by atoms with E-state index in [1.165, 1.54) is 36.3 Å². The zero-order valence-electron chi connectivity index (χ0n) is 19.3. The minimum absolute atomic E-state index is 0.00659. The number of hydrogen-bond donors (Lipinski definition) is 4. The second-order valence-electron chi connectivity index (χ2n) is 6.79. The number of amidine groups is 1. The van der Waals surface area contributed by atoms with E-state index in [1.54, 1.807) is 14.0 Å². The Balaban J connectivity index is 3.07. The molecule has 0 aliphatic rings. The summed E-state index contributed by atoms with van der Waals surface area (Å²) in [5.41, 5.74) is -0.248. The van der Waals surface area contributed by atoms with E-state index in [0.717, 1.165) is 18.8 Å². The first kappa shape index (κ1) is 27.4. The molecule has 0 saturated heterocycles. The van der Waals surface area contributed by atoms with Crippen molar-refractivity contribution in [3.63, 3.8) is 0 Å². The molecule has 0 aliphatic carbocycles. The number of halogens is 2. The summed E-state index contributed by atoms with van der Waals surface area (Å²) in [5.74, 6) is -0.829. The standard InChI is InChI=1S/C22H31F2N7O2/c1-5-7-11-31(19(32)6-2)21(25)17(14-27-4)30-22(33)16-9-8-10-18(29-16)28-13-15(12-26-3)20(23)24/h8-10,12-14,20,25,27H,5-7,11H2,1-4H3,(H,28,29)(H,30,33)/b15-13+,17-14+,25-21?,26-12?. The Morgan fingerprint density at radius 3 is 2.58 bits per heavy atom. The molecule has 0 aromatic carbocycles. The molecule has 0 atom stereocenters. The molecule has 0 fully saturated rings. The van der Waals surface area contributed by atoms with Crippen molar-refractivity contribution < 1.29 is 18.4 Å². The zero-order chi connectivity index (χ0) is 24.8.